The molecule has 5 N–H and O–H groups in total. The number of nitrogens with zero attached hydrogens (tertiary/aromatic N) is 4. The maximum absolute atomic E-state index is 11.7. The van der Waals surface area contributed by atoms with Crippen molar-refractivity contribution in [2.75, 3.05) is 23.8 Å². The lowest BCUT2D eigenvalue weighted by Gasteiger charge is -2.29. The van der Waals surface area contributed by atoms with E-state index in [1.807, 2.05) is 4.57 Å². The Hall–Kier alpha value is -2.33. The highest BCUT2D eigenvalue weighted by molar-refractivity contribution is 6.41. The highest BCUT2D eigenvalue weighted by Crippen LogP contribution is 2.45. The van der Waals surface area contributed by atoms with Crippen molar-refractivity contribution in [2.24, 2.45) is 17.1 Å². The van der Waals surface area contributed by atoms with Gasteiger partial charge in [-0.3, -0.25) is 9.36 Å². The minimum Gasteiger partial charge on any atom is -0.396 e. The van der Waals surface area contributed by atoms with Gasteiger partial charge < -0.3 is 21.5 Å². The molecule has 35 heavy (non-hydrogen) atoms. The molecule has 1 amide bonds. The van der Waals surface area contributed by atoms with Crippen LogP contribution in [-0.4, -0.2) is 43.7 Å². The standard InChI is InChI=1S/C23H26Cl3N7O2/c24-13-7-15(25)18(16(26)8-13)31-22-30-17-9-28-21(29-10-23(11-34)5-6-23)32-20(17)33(22)14-3-1-12(2-4-14)19(27)35/h7-9,12,14,34H,1-6,10-11H2,(H2,27,35)(H,30,31)(H,28,29,32). The number of primary amides is 1. The average Bonchev–Trinajstić information content (AvgIpc) is 3.53. The fourth-order valence-electron chi connectivity index (χ4n) is 4.64. The number of imidazole rings is 1. The summed E-state index contributed by atoms with van der Waals surface area (Å²) in [6.45, 7) is 0.744. The summed E-state index contributed by atoms with van der Waals surface area (Å²) in [7, 11) is 0. The van der Waals surface area contributed by atoms with Gasteiger partial charge in [0.25, 0.3) is 0 Å². The molecule has 2 aliphatic carbocycles. The van der Waals surface area contributed by atoms with Crippen LogP contribution in [-0.2, 0) is 4.79 Å². The SMILES string of the molecule is NC(=O)C1CCC(n2c(Nc3c(Cl)cc(Cl)cc3Cl)nc3cnc(NCC4(CO)CC4)nc32)CC1. The van der Waals surface area contributed by atoms with Gasteiger partial charge in [-0.05, 0) is 50.7 Å². The van der Waals surface area contributed by atoms with Crippen LogP contribution in [0.4, 0.5) is 17.6 Å². The van der Waals surface area contributed by atoms with Crippen molar-refractivity contribution < 1.29 is 9.90 Å². The molecule has 9 nitrogen and oxygen atoms in total. The summed E-state index contributed by atoms with van der Waals surface area (Å²) >= 11 is 18.9. The lowest BCUT2D eigenvalue weighted by atomic mass is 9.85. The van der Waals surface area contributed by atoms with Gasteiger partial charge in [0.2, 0.25) is 17.8 Å². The zero-order valence-corrected chi connectivity index (χ0v) is 21.2. The van der Waals surface area contributed by atoms with E-state index in [4.69, 9.17) is 50.5 Å². The number of carbonyl (C=O) groups is 1. The zero-order valence-electron chi connectivity index (χ0n) is 18.9. The Kier molecular flexibility index (Phi) is 6.69. The molecular formula is C23H26Cl3N7O2. The summed E-state index contributed by atoms with van der Waals surface area (Å²) in [5.74, 6) is 0.605. The molecule has 1 aromatic carbocycles. The lowest BCUT2D eigenvalue weighted by molar-refractivity contribution is -0.122. The first-order chi connectivity index (χ1) is 16.8. The van der Waals surface area contributed by atoms with E-state index in [0.717, 1.165) is 25.7 Å². The highest BCUT2D eigenvalue weighted by Gasteiger charge is 2.42. The van der Waals surface area contributed by atoms with Crippen molar-refractivity contribution in [3.05, 3.63) is 33.4 Å². The van der Waals surface area contributed by atoms with Gasteiger partial charge in [0.15, 0.2) is 5.65 Å². The Morgan fingerprint density at radius 2 is 1.83 bits per heavy atom. The van der Waals surface area contributed by atoms with E-state index in [9.17, 15) is 9.90 Å². The summed E-state index contributed by atoms with van der Waals surface area (Å²) in [4.78, 5) is 25.6. The zero-order chi connectivity index (χ0) is 24.7. The summed E-state index contributed by atoms with van der Waals surface area (Å²) in [6, 6.07) is 3.26. The van der Waals surface area contributed by atoms with Gasteiger partial charge in [-0.15, -0.1) is 0 Å². The van der Waals surface area contributed by atoms with Crippen molar-refractivity contribution in [3.8, 4) is 0 Å². The van der Waals surface area contributed by atoms with Crippen molar-refractivity contribution >= 4 is 69.5 Å². The van der Waals surface area contributed by atoms with Crippen LogP contribution in [0.2, 0.25) is 15.1 Å². The van der Waals surface area contributed by atoms with Crippen LogP contribution in [0.5, 0.6) is 0 Å². The Labute approximate surface area is 217 Å². The smallest absolute Gasteiger partial charge is 0.224 e. The number of nitrogens with two attached hydrogens (primary N) is 1. The molecule has 0 aliphatic heterocycles. The first kappa shape index (κ1) is 24.4. The number of amides is 1. The van der Waals surface area contributed by atoms with E-state index in [1.165, 1.54) is 0 Å². The molecule has 2 aromatic heterocycles. The van der Waals surface area contributed by atoms with Crippen LogP contribution in [0.1, 0.15) is 44.6 Å². The monoisotopic (exact) mass is 537 g/mol. The molecule has 0 unspecified atom stereocenters. The number of anilines is 3. The van der Waals surface area contributed by atoms with E-state index in [1.54, 1.807) is 18.3 Å². The van der Waals surface area contributed by atoms with Crippen LogP contribution < -0.4 is 16.4 Å². The number of aromatic nitrogens is 4. The number of aliphatic hydroxyl groups is 1. The molecular weight excluding hydrogens is 513 g/mol. The maximum Gasteiger partial charge on any atom is 0.224 e. The molecule has 5 rings (SSSR count). The van der Waals surface area contributed by atoms with Crippen LogP contribution in [0.15, 0.2) is 18.3 Å². The van der Waals surface area contributed by atoms with Gasteiger partial charge in [0, 0.05) is 28.9 Å². The third-order valence-corrected chi connectivity index (χ3v) is 7.87. The van der Waals surface area contributed by atoms with Gasteiger partial charge in [0.05, 0.1) is 28.5 Å². The van der Waals surface area contributed by atoms with Crippen molar-refractivity contribution in [2.45, 2.75) is 44.6 Å². The van der Waals surface area contributed by atoms with E-state index in [0.29, 0.717) is 63.2 Å². The number of rotatable bonds is 8. The number of fused-ring (bicyclic) bond motifs is 1. The number of aliphatic hydroxyl groups excluding tert-OH is 1. The normalized spacial score (nSPS) is 21.1. The highest BCUT2D eigenvalue weighted by atomic mass is 35.5. The Balaban J connectivity index is 1.51. The van der Waals surface area contributed by atoms with Gasteiger partial charge in [-0.25, -0.2) is 9.97 Å². The summed E-state index contributed by atoms with van der Waals surface area (Å²) in [5.41, 5.74) is 7.22. The van der Waals surface area contributed by atoms with Crippen molar-refractivity contribution in [1.82, 2.24) is 19.5 Å². The molecule has 2 aliphatic rings. The Morgan fingerprint density at radius 1 is 1.14 bits per heavy atom. The second-order valence-electron chi connectivity index (χ2n) is 9.50. The molecule has 2 fully saturated rings. The van der Waals surface area contributed by atoms with Crippen LogP contribution in [0, 0.1) is 11.3 Å². The van der Waals surface area contributed by atoms with Gasteiger partial charge >= 0.3 is 0 Å². The predicted molar refractivity (Wildman–Crippen MR) is 138 cm³/mol. The molecule has 12 heteroatoms. The largest absolute Gasteiger partial charge is 0.396 e. The molecule has 2 saturated carbocycles. The van der Waals surface area contributed by atoms with Crippen LogP contribution in [0.3, 0.4) is 0 Å². The van der Waals surface area contributed by atoms with Crippen molar-refractivity contribution in [1.29, 1.82) is 0 Å². The number of nitrogens with one attached hydrogen (secondary N) is 2. The van der Waals surface area contributed by atoms with Gasteiger partial charge in [0.1, 0.15) is 5.52 Å². The van der Waals surface area contributed by atoms with Crippen LogP contribution in [0.25, 0.3) is 11.2 Å². The molecule has 186 valence electrons. The van der Waals surface area contributed by atoms with E-state index >= 15 is 0 Å². The van der Waals surface area contributed by atoms with Crippen LogP contribution >= 0.6 is 34.8 Å². The fourth-order valence-corrected chi connectivity index (χ4v) is 5.55. The molecule has 3 aromatic rings. The minimum atomic E-state index is -0.260. The molecule has 0 bridgehead atoms. The number of carbonyl (C=O) groups excluding carboxylic acids is 1. The number of benzene rings is 1. The molecule has 0 spiro atoms. The van der Waals surface area contributed by atoms with E-state index in [-0.39, 0.29) is 29.9 Å². The fraction of sp³-hybridized carbons (Fsp3) is 0.478. The van der Waals surface area contributed by atoms with Crippen molar-refractivity contribution in [3.63, 3.8) is 0 Å². The molecule has 0 atom stereocenters. The molecule has 2 heterocycles. The number of hydrogen-bond donors (Lipinski definition) is 4. The number of halogens is 3. The first-order valence-electron chi connectivity index (χ1n) is 11.6. The van der Waals surface area contributed by atoms with Gasteiger partial charge in [-0.2, -0.15) is 4.98 Å². The average molecular weight is 539 g/mol. The predicted octanol–water partition coefficient (Wildman–Crippen LogP) is 4.93. The number of hydrogen-bond acceptors (Lipinski definition) is 7. The van der Waals surface area contributed by atoms with E-state index in [2.05, 4.69) is 15.6 Å². The minimum absolute atomic E-state index is 0.0397. The lowest BCUT2D eigenvalue weighted by Crippen LogP contribution is -2.28. The Bertz CT molecular complexity index is 1250. The van der Waals surface area contributed by atoms with E-state index < -0.39 is 0 Å². The quantitative estimate of drug-likeness (QED) is 0.320. The summed E-state index contributed by atoms with van der Waals surface area (Å²) in [6.07, 6.45) is 6.51. The third-order valence-electron chi connectivity index (χ3n) is 7.05. The van der Waals surface area contributed by atoms with Gasteiger partial charge in [-0.1, -0.05) is 34.8 Å². The second kappa shape index (κ2) is 9.61. The summed E-state index contributed by atoms with van der Waals surface area (Å²) in [5, 5.41) is 17.3. The third kappa shape index (κ3) is 5.00. The Morgan fingerprint density at radius 3 is 2.43 bits per heavy atom. The first-order valence-corrected chi connectivity index (χ1v) is 12.7. The topological polar surface area (TPSA) is 131 Å². The molecule has 0 radical (unpaired) electrons. The maximum atomic E-state index is 11.7. The summed E-state index contributed by atoms with van der Waals surface area (Å²) < 4.78 is 2.03. The second-order valence-corrected chi connectivity index (χ2v) is 10.7. The molecule has 0 saturated heterocycles.